The number of aromatic carboxylic acids is 1. The summed E-state index contributed by atoms with van der Waals surface area (Å²) in [6.45, 7) is 1.73. The van der Waals surface area contributed by atoms with Gasteiger partial charge in [-0.2, -0.15) is 0 Å². The molecule has 20 heavy (non-hydrogen) atoms. The zero-order chi connectivity index (χ0) is 14.7. The van der Waals surface area contributed by atoms with Crippen LogP contribution in [0.15, 0.2) is 35.8 Å². The maximum atomic E-state index is 11.6. The lowest BCUT2D eigenvalue weighted by atomic mass is 10.1. The van der Waals surface area contributed by atoms with Gasteiger partial charge >= 0.3 is 5.97 Å². The van der Waals surface area contributed by atoms with Gasteiger partial charge in [0, 0.05) is 0 Å². The van der Waals surface area contributed by atoms with Gasteiger partial charge in [-0.25, -0.2) is 14.0 Å². The van der Waals surface area contributed by atoms with Crippen molar-refractivity contribution in [2.24, 2.45) is 0 Å². The van der Waals surface area contributed by atoms with Gasteiger partial charge in [-0.1, -0.05) is 30.3 Å². The lowest BCUT2D eigenvalue weighted by Crippen LogP contribution is -2.29. The van der Waals surface area contributed by atoms with Gasteiger partial charge in [0.1, 0.15) is 5.00 Å². The number of rotatable bonds is 5. The number of nitrogens with zero attached hydrogens (tertiary/aromatic N) is 2. The maximum Gasteiger partial charge on any atom is 0.357 e. The number of carboxylic acid groups (broad SMARTS) is 1. The molecule has 0 saturated heterocycles. The van der Waals surface area contributed by atoms with Crippen LogP contribution in [0.1, 0.15) is 29.0 Å². The number of carboxylic acids is 1. The Hall–Kier alpha value is -1.77. The quantitative estimate of drug-likeness (QED) is 0.828. The second-order valence-electron chi connectivity index (χ2n) is 3.95. The zero-order valence-corrected chi connectivity index (χ0v) is 12.1. The molecule has 0 radical (unpaired) electrons. The van der Waals surface area contributed by atoms with Crippen LogP contribution >= 0.6 is 11.3 Å². The monoisotopic (exact) mass is 312 g/mol. The van der Waals surface area contributed by atoms with E-state index in [2.05, 4.69) is 4.98 Å². The maximum absolute atomic E-state index is 11.6. The lowest BCUT2D eigenvalue weighted by molar-refractivity contribution is 0.0692. The molecule has 2 unspecified atom stereocenters. The summed E-state index contributed by atoms with van der Waals surface area (Å²) in [7, 11) is 0. The Morgan fingerprint density at radius 2 is 2.05 bits per heavy atom. The van der Waals surface area contributed by atoms with E-state index in [1.165, 1.54) is 5.51 Å². The van der Waals surface area contributed by atoms with Gasteiger partial charge in [-0.15, -0.1) is 11.3 Å². The van der Waals surface area contributed by atoms with Gasteiger partial charge < -0.3 is 5.11 Å². The molecule has 6 nitrogen and oxygen atoms in total. The number of thiazole rings is 1. The lowest BCUT2D eigenvalue weighted by Gasteiger charge is -2.26. The van der Waals surface area contributed by atoms with Crippen LogP contribution in [-0.4, -0.2) is 24.8 Å². The summed E-state index contributed by atoms with van der Waals surface area (Å²) in [6.07, 6.45) is 0. The second-order valence-corrected chi connectivity index (χ2v) is 5.64. The predicted molar refractivity (Wildman–Crippen MR) is 77.2 cm³/mol. The van der Waals surface area contributed by atoms with Gasteiger partial charge in [0.2, 0.25) is 0 Å². The highest BCUT2D eigenvalue weighted by molar-refractivity contribution is 7.81. The number of hydrogen-bond donors (Lipinski definition) is 2. The second kappa shape index (κ2) is 6.12. The summed E-state index contributed by atoms with van der Waals surface area (Å²) in [5, 5.41) is 9.24. The fourth-order valence-electron chi connectivity index (χ4n) is 1.79. The van der Waals surface area contributed by atoms with Gasteiger partial charge in [0.25, 0.3) is 11.3 Å². The minimum Gasteiger partial charge on any atom is -0.476 e. The van der Waals surface area contributed by atoms with E-state index in [-0.39, 0.29) is 10.7 Å². The van der Waals surface area contributed by atoms with Crippen LogP contribution in [-0.2, 0) is 11.3 Å². The molecule has 2 rings (SSSR count). The Morgan fingerprint density at radius 1 is 1.40 bits per heavy atom. The molecule has 8 heteroatoms. The van der Waals surface area contributed by atoms with Crippen LogP contribution in [0.25, 0.3) is 0 Å². The summed E-state index contributed by atoms with van der Waals surface area (Å²) in [5.41, 5.74) is 1.93. The number of hydrogen-bond acceptors (Lipinski definition) is 4. The van der Waals surface area contributed by atoms with Gasteiger partial charge in [-0.05, 0) is 12.5 Å². The molecule has 2 aromatic rings. The molecule has 1 aromatic carbocycles. The highest BCUT2D eigenvalue weighted by atomic mass is 32.2. The molecule has 1 aromatic heterocycles. The van der Waals surface area contributed by atoms with E-state index in [4.69, 9.17) is 5.11 Å². The first kappa shape index (κ1) is 14.6. The summed E-state index contributed by atoms with van der Waals surface area (Å²) in [4.78, 5) is 14.8. The predicted octanol–water partition coefficient (Wildman–Crippen LogP) is 2.55. The largest absolute Gasteiger partial charge is 0.476 e. The smallest absolute Gasteiger partial charge is 0.357 e. The molecular formula is C12H12N2O4S2. The van der Waals surface area contributed by atoms with E-state index < -0.39 is 23.3 Å². The van der Waals surface area contributed by atoms with E-state index in [9.17, 15) is 13.6 Å². The van der Waals surface area contributed by atoms with Crippen molar-refractivity contribution in [3.05, 3.63) is 47.1 Å². The molecule has 106 valence electrons. The number of benzene rings is 1. The van der Waals surface area contributed by atoms with E-state index >= 15 is 0 Å². The standard InChI is InChI=1S/C12H12N2O4S2/c1-8(9-5-3-2-4-6-9)14(20(17)18)11-10(12(15)16)13-7-19-11/h2-8H,1H3,(H,15,16)(H,17,18). The average molecular weight is 312 g/mol. The van der Waals surface area contributed by atoms with Crippen LogP contribution in [0.5, 0.6) is 0 Å². The topological polar surface area (TPSA) is 90.7 Å². The van der Waals surface area contributed by atoms with Crippen molar-refractivity contribution in [1.29, 1.82) is 0 Å². The number of carbonyl (C=O) groups is 1. The van der Waals surface area contributed by atoms with Crippen LogP contribution in [0.3, 0.4) is 0 Å². The Balaban J connectivity index is 2.44. The molecule has 0 aliphatic rings. The molecule has 1 heterocycles. The molecule has 0 spiro atoms. The highest BCUT2D eigenvalue weighted by Crippen LogP contribution is 2.33. The van der Waals surface area contributed by atoms with Crippen molar-refractivity contribution in [2.75, 3.05) is 4.31 Å². The summed E-state index contributed by atoms with van der Waals surface area (Å²) in [5.74, 6) is -1.23. The van der Waals surface area contributed by atoms with Gasteiger partial charge in [-0.3, -0.25) is 8.86 Å². The average Bonchev–Trinajstić information content (AvgIpc) is 2.88. The Labute approximate surface area is 122 Å². The van der Waals surface area contributed by atoms with Crippen molar-refractivity contribution in [3.8, 4) is 0 Å². The van der Waals surface area contributed by atoms with E-state index in [0.717, 1.165) is 21.2 Å². The van der Waals surface area contributed by atoms with Crippen molar-refractivity contribution in [1.82, 2.24) is 4.98 Å². The zero-order valence-electron chi connectivity index (χ0n) is 10.5. The minimum atomic E-state index is -2.35. The molecule has 0 saturated carbocycles. The first-order valence-corrected chi connectivity index (χ1v) is 7.58. The molecule has 0 aliphatic heterocycles. The van der Waals surface area contributed by atoms with Crippen molar-refractivity contribution >= 4 is 33.6 Å². The van der Waals surface area contributed by atoms with Crippen LogP contribution in [0.2, 0.25) is 0 Å². The van der Waals surface area contributed by atoms with Crippen LogP contribution < -0.4 is 4.31 Å². The van der Waals surface area contributed by atoms with Crippen LogP contribution in [0, 0.1) is 0 Å². The number of aromatic nitrogens is 1. The fraction of sp³-hybridized carbons (Fsp3) is 0.167. The third kappa shape index (κ3) is 2.87. The Morgan fingerprint density at radius 3 is 2.60 bits per heavy atom. The minimum absolute atomic E-state index is 0.162. The fourth-order valence-corrected chi connectivity index (χ4v) is 3.50. The molecule has 2 atom stereocenters. The summed E-state index contributed by atoms with van der Waals surface area (Å²) in [6, 6.07) is 8.63. The molecule has 0 amide bonds. The first-order chi connectivity index (χ1) is 9.52. The Kier molecular flexibility index (Phi) is 4.48. The van der Waals surface area contributed by atoms with E-state index in [1.54, 1.807) is 6.92 Å². The highest BCUT2D eigenvalue weighted by Gasteiger charge is 2.28. The third-order valence-electron chi connectivity index (χ3n) is 2.75. The summed E-state index contributed by atoms with van der Waals surface area (Å²) >= 11 is -1.33. The van der Waals surface area contributed by atoms with Gasteiger partial charge in [0.05, 0.1) is 11.6 Å². The SMILES string of the molecule is CC(c1ccccc1)N(c1scnc1C(=O)O)S(=O)O. The van der Waals surface area contributed by atoms with Gasteiger partial charge in [0.15, 0.2) is 5.69 Å². The normalized spacial score (nSPS) is 13.7. The molecule has 2 N–H and O–H groups in total. The summed E-state index contributed by atoms with van der Waals surface area (Å²) < 4.78 is 22.3. The molecule has 0 aliphatic carbocycles. The first-order valence-electron chi connectivity index (χ1n) is 5.64. The molecule has 0 bridgehead atoms. The third-order valence-corrected chi connectivity index (χ3v) is 4.53. The van der Waals surface area contributed by atoms with Crippen molar-refractivity contribution in [2.45, 2.75) is 13.0 Å². The molecule has 0 fully saturated rings. The van der Waals surface area contributed by atoms with Crippen molar-refractivity contribution in [3.63, 3.8) is 0 Å². The van der Waals surface area contributed by atoms with Crippen molar-refractivity contribution < 1.29 is 18.7 Å². The Bertz CT molecular complexity index is 629. The van der Waals surface area contributed by atoms with E-state index in [0.29, 0.717) is 0 Å². The number of anilines is 1. The van der Waals surface area contributed by atoms with Crippen LogP contribution in [0.4, 0.5) is 5.00 Å². The van der Waals surface area contributed by atoms with E-state index in [1.807, 2.05) is 30.3 Å². The molecular weight excluding hydrogens is 300 g/mol.